The average molecular weight is 438 g/mol. The van der Waals surface area contributed by atoms with Crippen molar-refractivity contribution >= 4 is 17.6 Å². The molecule has 32 heavy (non-hydrogen) atoms. The van der Waals surface area contributed by atoms with Crippen molar-refractivity contribution in [2.45, 2.75) is 31.7 Å². The Balaban J connectivity index is 1.45. The summed E-state index contributed by atoms with van der Waals surface area (Å²) in [5, 5.41) is 2.93. The van der Waals surface area contributed by atoms with Gasteiger partial charge in [0.1, 0.15) is 11.5 Å². The third kappa shape index (κ3) is 4.66. The lowest BCUT2D eigenvalue weighted by molar-refractivity contribution is -0.137. The van der Waals surface area contributed by atoms with Crippen molar-refractivity contribution in [2.75, 3.05) is 39.2 Å². The van der Waals surface area contributed by atoms with Crippen molar-refractivity contribution in [3.8, 4) is 11.5 Å². The largest absolute Gasteiger partial charge is 0.497 e. The van der Waals surface area contributed by atoms with Crippen molar-refractivity contribution in [3.05, 3.63) is 54.1 Å². The number of rotatable bonds is 5. The summed E-state index contributed by atoms with van der Waals surface area (Å²) < 4.78 is 10.9. The minimum Gasteiger partial charge on any atom is -0.497 e. The van der Waals surface area contributed by atoms with Crippen LogP contribution in [0.25, 0.3) is 0 Å². The summed E-state index contributed by atoms with van der Waals surface area (Å²) in [6, 6.07) is 15.0. The molecule has 3 amide bonds. The number of methoxy groups -OCH3 is 2. The molecule has 170 valence electrons. The Kier molecular flexibility index (Phi) is 6.83. The molecule has 2 heterocycles. The molecule has 7 nitrogen and oxygen atoms in total. The number of nitrogens with zero attached hydrogens (tertiary/aromatic N) is 2. The summed E-state index contributed by atoms with van der Waals surface area (Å²) in [4.78, 5) is 30.0. The Morgan fingerprint density at radius 1 is 0.969 bits per heavy atom. The van der Waals surface area contributed by atoms with Crippen LogP contribution in [0.15, 0.2) is 48.5 Å². The minimum absolute atomic E-state index is 0.0168. The highest BCUT2D eigenvalue weighted by Gasteiger charge is 2.37. The maximum atomic E-state index is 13.5. The van der Waals surface area contributed by atoms with E-state index in [0.29, 0.717) is 13.1 Å². The van der Waals surface area contributed by atoms with Crippen molar-refractivity contribution in [1.29, 1.82) is 0 Å². The van der Waals surface area contributed by atoms with Crippen LogP contribution < -0.4 is 14.8 Å². The van der Waals surface area contributed by atoms with Gasteiger partial charge in [0.05, 0.1) is 26.2 Å². The smallest absolute Gasteiger partial charge is 0.321 e. The van der Waals surface area contributed by atoms with Gasteiger partial charge in [-0.25, -0.2) is 4.79 Å². The van der Waals surface area contributed by atoms with Crippen molar-refractivity contribution in [3.63, 3.8) is 0 Å². The maximum absolute atomic E-state index is 13.5. The molecule has 0 bridgehead atoms. The van der Waals surface area contributed by atoms with E-state index in [1.807, 2.05) is 53.4 Å². The van der Waals surface area contributed by atoms with E-state index in [-0.39, 0.29) is 23.9 Å². The predicted octanol–water partition coefficient (Wildman–Crippen LogP) is 4.31. The molecule has 2 atom stereocenters. The fraction of sp³-hybridized carbons (Fsp3) is 0.440. The number of para-hydroxylation sites is 1. The van der Waals surface area contributed by atoms with Gasteiger partial charge in [-0.1, -0.05) is 18.2 Å². The topological polar surface area (TPSA) is 71.1 Å². The quantitative estimate of drug-likeness (QED) is 0.757. The van der Waals surface area contributed by atoms with E-state index in [1.54, 1.807) is 19.1 Å². The van der Waals surface area contributed by atoms with Gasteiger partial charge in [-0.3, -0.25) is 4.79 Å². The molecule has 2 aromatic carbocycles. The lowest BCUT2D eigenvalue weighted by Crippen LogP contribution is -2.47. The molecule has 0 aromatic heterocycles. The Morgan fingerprint density at radius 3 is 2.50 bits per heavy atom. The van der Waals surface area contributed by atoms with Crippen LogP contribution in [0.4, 0.5) is 10.5 Å². The Labute approximate surface area is 189 Å². The first kappa shape index (κ1) is 22.0. The van der Waals surface area contributed by atoms with Crippen molar-refractivity contribution < 1.29 is 19.1 Å². The lowest BCUT2D eigenvalue weighted by atomic mass is 9.95. The average Bonchev–Trinajstić information content (AvgIpc) is 3.33. The molecule has 0 unspecified atom stereocenters. The molecule has 0 saturated carbocycles. The molecule has 2 saturated heterocycles. The van der Waals surface area contributed by atoms with E-state index >= 15 is 0 Å². The highest BCUT2D eigenvalue weighted by atomic mass is 16.5. The van der Waals surface area contributed by atoms with E-state index in [4.69, 9.17) is 9.47 Å². The molecular formula is C25H31N3O4. The summed E-state index contributed by atoms with van der Waals surface area (Å²) in [6.45, 7) is 1.84. The minimum atomic E-state index is -0.185. The monoisotopic (exact) mass is 437 g/mol. The fourth-order valence-corrected chi connectivity index (χ4v) is 4.77. The van der Waals surface area contributed by atoms with Gasteiger partial charge in [-0.15, -0.1) is 0 Å². The van der Waals surface area contributed by atoms with Gasteiger partial charge in [-0.05, 0) is 49.9 Å². The Morgan fingerprint density at radius 2 is 1.75 bits per heavy atom. The molecule has 0 aliphatic carbocycles. The Bertz CT molecular complexity index is 949. The number of nitrogens with one attached hydrogen (secondary N) is 1. The fourth-order valence-electron chi connectivity index (χ4n) is 4.77. The number of carbonyl (C=O) groups excluding carboxylic acids is 2. The van der Waals surface area contributed by atoms with Crippen LogP contribution >= 0.6 is 0 Å². The van der Waals surface area contributed by atoms with Crippen LogP contribution in [-0.2, 0) is 4.79 Å². The zero-order valence-corrected chi connectivity index (χ0v) is 18.8. The third-order valence-electron chi connectivity index (χ3n) is 6.42. The van der Waals surface area contributed by atoms with Gasteiger partial charge in [0.2, 0.25) is 5.91 Å². The zero-order valence-electron chi connectivity index (χ0n) is 18.8. The van der Waals surface area contributed by atoms with Crippen LogP contribution in [0.1, 0.15) is 37.3 Å². The number of urea groups is 1. The normalized spacial score (nSPS) is 20.7. The van der Waals surface area contributed by atoms with Crippen LogP contribution in [0, 0.1) is 5.92 Å². The van der Waals surface area contributed by atoms with Crippen LogP contribution in [0.2, 0.25) is 0 Å². The molecular weight excluding hydrogens is 406 g/mol. The standard InChI is InChI=1S/C25H31N3O4/c1-31-20-12-13-21(23(16-20)32-2)22-11-7-15-28(22)24(29)18-8-6-14-27(17-18)25(30)26-19-9-4-3-5-10-19/h3-5,9-10,12-13,16,18,22H,6-8,11,14-15,17H2,1-2H3,(H,26,30)/t18-,22-/m0/s1. The summed E-state index contributed by atoms with van der Waals surface area (Å²) in [5.74, 6) is 1.41. The van der Waals surface area contributed by atoms with E-state index in [9.17, 15) is 9.59 Å². The number of hydrogen-bond acceptors (Lipinski definition) is 4. The molecule has 2 aliphatic rings. The highest BCUT2D eigenvalue weighted by molar-refractivity contribution is 5.90. The zero-order chi connectivity index (χ0) is 22.5. The second-order valence-electron chi connectivity index (χ2n) is 8.38. The van der Waals surface area contributed by atoms with E-state index < -0.39 is 0 Å². The van der Waals surface area contributed by atoms with Crippen LogP contribution in [-0.4, -0.2) is 55.6 Å². The van der Waals surface area contributed by atoms with Crippen molar-refractivity contribution in [2.24, 2.45) is 5.92 Å². The predicted molar refractivity (Wildman–Crippen MR) is 123 cm³/mol. The molecule has 4 rings (SSSR count). The number of amides is 3. The van der Waals surface area contributed by atoms with Gasteiger partial charge in [0.25, 0.3) is 0 Å². The number of hydrogen-bond donors (Lipinski definition) is 1. The highest BCUT2D eigenvalue weighted by Crippen LogP contribution is 2.40. The first-order valence-electron chi connectivity index (χ1n) is 11.2. The van der Waals surface area contributed by atoms with E-state index in [1.165, 1.54) is 0 Å². The number of likely N-dealkylation sites (tertiary alicyclic amines) is 2. The molecule has 0 spiro atoms. The first-order chi connectivity index (χ1) is 15.6. The third-order valence-corrected chi connectivity index (χ3v) is 6.42. The maximum Gasteiger partial charge on any atom is 0.321 e. The van der Waals surface area contributed by atoms with Crippen LogP contribution in [0.5, 0.6) is 11.5 Å². The summed E-state index contributed by atoms with van der Waals surface area (Å²) in [6.07, 6.45) is 3.48. The van der Waals surface area contributed by atoms with Gasteiger partial charge < -0.3 is 24.6 Å². The molecule has 7 heteroatoms. The molecule has 1 N–H and O–H groups in total. The van der Waals surface area contributed by atoms with Crippen LogP contribution in [0.3, 0.4) is 0 Å². The first-order valence-corrected chi connectivity index (χ1v) is 11.2. The lowest BCUT2D eigenvalue weighted by Gasteiger charge is -2.36. The van der Waals surface area contributed by atoms with E-state index in [0.717, 1.165) is 55.0 Å². The summed E-state index contributed by atoms with van der Waals surface area (Å²) in [7, 11) is 3.27. The van der Waals surface area contributed by atoms with Gasteiger partial charge in [0.15, 0.2) is 0 Å². The van der Waals surface area contributed by atoms with Gasteiger partial charge >= 0.3 is 6.03 Å². The van der Waals surface area contributed by atoms with Gasteiger partial charge in [-0.2, -0.15) is 0 Å². The summed E-state index contributed by atoms with van der Waals surface area (Å²) in [5.41, 5.74) is 1.77. The second kappa shape index (κ2) is 9.94. The number of anilines is 1. The Hall–Kier alpha value is -3.22. The number of carbonyl (C=O) groups is 2. The molecule has 2 fully saturated rings. The molecule has 0 radical (unpaired) electrons. The number of ether oxygens (including phenoxy) is 2. The van der Waals surface area contributed by atoms with Gasteiger partial charge in [0, 0.05) is 37.0 Å². The summed E-state index contributed by atoms with van der Waals surface area (Å²) >= 11 is 0. The number of benzene rings is 2. The van der Waals surface area contributed by atoms with Crippen molar-refractivity contribution in [1.82, 2.24) is 9.80 Å². The second-order valence-corrected chi connectivity index (χ2v) is 8.38. The SMILES string of the molecule is COc1ccc([C@@H]2CCCN2C(=O)[C@H]2CCCN(C(=O)Nc3ccccc3)C2)c(OC)c1. The molecule has 2 aliphatic heterocycles. The molecule has 2 aromatic rings. The van der Waals surface area contributed by atoms with E-state index in [2.05, 4.69) is 5.32 Å². The number of piperidine rings is 1.